The minimum absolute atomic E-state index is 0.0887. The zero-order chi connectivity index (χ0) is 22.0. The van der Waals surface area contributed by atoms with E-state index in [0.717, 1.165) is 6.07 Å². The van der Waals surface area contributed by atoms with Gasteiger partial charge in [-0.2, -0.15) is 0 Å². The van der Waals surface area contributed by atoms with Gasteiger partial charge in [0.05, 0.1) is 17.7 Å². The average molecular weight is 431 g/mol. The number of hydrogen-bond acceptors (Lipinski definition) is 5. The molecule has 1 aromatic heterocycles. The standard InChI is InChI=1S/C23H23F2NO5/c1-14-20(22(28)26-23(13-27)7-9-29-10-8-23)17-11-16(5-6-19(17)31-14)30-12-15-3-2-4-18(24)21(15)25/h2-6,11,27H,7-10,12-13H2,1H3,(H,26,28). The van der Waals surface area contributed by atoms with Gasteiger partial charge in [0.2, 0.25) is 0 Å². The van der Waals surface area contributed by atoms with E-state index in [-0.39, 0.29) is 24.7 Å². The first-order valence-corrected chi connectivity index (χ1v) is 10.0. The lowest BCUT2D eigenvalue weighted by Crippen LogP contribution is -2.54. The maximum atomic E-state index is 13.9. The molecule has 0 unspecified atom stereocenters. The highest BCUT2D eigenvalue weighted by molar-refractivity contribution is 6.07. The Balaban J connectivity index is 1.58. The van der Waals surface area contributed by atoms with Crippen molar-refractivity contribution in [2.24, 2.45) is 0 Å². The van der Waals surface area contributed by atoms with Gasteiger partial charge >= 0.3 is 0 Å². The second-order valence-electron chi connectivity index (χ2n) is 7.70. The van der Waals surface area contributed by atoms with Crippen molar-refractivity contribution in [2.45, 2.75) is 31.9 Å². The molecule has 0 spiro atoms. The summed E-state index contributed by atoms with van der Waals surface area (Å²) in [7, 11) is 0. The summed E-state index contributed by atoms with van der Waals surface area (Å²) in [5.74, 6) is -1.43. The normalized spacial score (nSPS) is 15.7. The number of carbonyl (C=O) groups is 1. The zero-order valence-corrected chi connectivity index (χ0v) is 17.0. The predicted octanol–water partition coefficient (Wildman–Crippen LogP) is 3.87. The van der Waals surface area contributed by atoms with Crippen molar-refractivity contribution < 1.29 is 32.6 Å². The van der Waals surface area contributed by atoms with Gasteiger partial charge < -0.3 is 24.3 Å². The van der Waals surface area contributed by atoms with Crippen molar-refractivity contribution in [2.75, 3.05) is 19.8 Å². The van der Waals surface area contributed by atoms with Gasteiger partial charge in [-0.1, -0.05) is 12.1 Å². The Morgan fingerprint density at radius 2 is 2.00 bits per heavy atom. The fourth-order valence-electron chi connectivity index (χ4n) is 3.78. The van der Waals surface area contributed by atoms with Crippen LogP contribution in [0.1, 0.15) is 34.5 Å². The molecule has 0 radical (unpaired) electrons. The minimum Gasteiger partial charge on any atom is -0.489 e. The summed E-state index contributed by atoms with van der Waals surface area (Å²) < 4.78 is 44.0. The van der Waals surface area contributed by atoms with Crippen molar-refractivity contribution in [1.82, 2.24) is 5.32 Å². The van der Waals surface area contributed by atoms with Gasteiger partial charge in [0, 0.05) is 24.2 Å². The molecule has 2 N–H and O–H groups in total. The number of furan rings is 1. The van der Waals surface area contributed by atoms with Crippen LogP contribution in [0.3, 0.4) is 0 Å². The molecule has 31 heavy (non-hydrogen) atoms. The largest absolute Gasteiger partial charge is 0.489 e. The molecular weight excluding hydrogens is 408 g/mol. The van der Waals surface area contributed by atoms with Crippen molar-refractivity contribution in [3.05, 3.63) is 64.9 Å². The van der Waals surface area contributed by atoms with Gasteiger partial charge in [-0.15, -0.1) is 0 Å². The summed E-state index contributed by atoms with van der Waals surface area (Å²) >= 11 is 0. The monoisotopic (exact) mass is 431 g/mol. The lowest BCUT2D eigenvalue weighted by atomic mass is 9.90. The van der Waals surface area contributed by atoms with E-state index in [4.69, 9.17) is 13.9 Å². The predicted molar refractivity (Wildman–Crippen MR) is 109 cm³/mol. The molecule has 4 rings (SSSR count). The first-order valence-electron chi connectivity index (χ1n) is 10.0. The smallest absolute Gasteiger partial charge is 0.255 e. The molecule has 0 aliphatic carbocycles. The highest BCUT2D eigenvalue weighted by Gasteiger charge is 2.35. The summed E-state index contributed by atoms with van der Waals surface area (Å²) in [5, 5.41) is 13.3. The molecular formula is C23H23F2NO5. The quantitative estimate of drug-likeness (QED) is 0.619. The third kappa shape index (κ3) is 4.26. The number of aryl methyl sites for hydroxylation is 1. The van der Waals surface area contributed by atoms with Crippen LogP contribution in [-0.4, -0.2) is 36.4 Å². The minimum atomic E-state index is -0.950. The van der Waals surface area contributed by atoms with Gasteiger partial charge in [0.1, 0.15) is 23.7 Å². The Morgan fingerprint density at radius 3 is 2.74 bits per heavy atom. The molecule has 0 atom stereocenters. The lowest BCUT2D eigenvalue weighted by molar-refractivity contribution is 0.0125. The molecule has 1 aliphatic heterocycles. The first-order chi connectivity index (χ1) is 14.9. The number of aliphatic hydroxyl groups is 1. The van der Waals surface area contributed by atoms with Crippen LogP contribution in [0, 0.1) is 18.6 Å². The SMILES string of the molecule is Cc1oc2ccc(OCc3cccc(F)c3F)cc2c1C(=O)NC1(CO)CCOCC1. The number of amides is 1. The third-order valence-electron chi connectivity index (χ3n) is 5.62. The van der Waals surface area contributed by atoms with Crippen LogP contribution in [0.15, 0.2) is 40.8 Å². The Morgan fingerprint density at radius 1 is 1.23 bits per heavy atom. The fourth-order valence-corrected chi connectivity index (χ4v) is 3.78. The summed E-state index contributed by atoms with van der Waals surface area (Å²) in [4.78, 5) is 13.1. The highest BCUT2D eigenvalue weighted by atomic mass is 19.2. The number of nitrogens with one attached hydrogen (secondary N) is 1. The van der Waals surface area contributed by atoms with E-state index in [2.05, 4.69) is 5.32 Å². The van der Waals surface area contributed by atoms with E-state index < -0.39 is 17.2 Å². The van der Waals surface area contributed by atoms with Crippen LogP contribution < -0.4 is 10.1 Å². The number of halogens is 2. The van der Waals surface area contributed by atoms with Crippen LogP contribution >= 0.6 is 0 Å². The van der Waals surface area contributed by atoms with Crippen molar-refractivity contribution in [1.29, 1.82) is 0 Å². The molecule has 1 aliphatic rings. The van der Waals surface area contributed by atoms with E-state index in [9.17, 15) is 18.7 Å². The summed E-state index contributed by atoms with van der Waals surface area (Å²) in [6.45, 7) is 2.25. The molecule has 1 amide bonds. The second-order valence-corrected chi connectivity index (χ2v) is 7.70. The number of carbonyl (C=O) groups excluding carboxylic acids is 1. The van der Waals surface area contributed by atoms with E-state index in [0.29, 0.717) is 54.1 Å². The average Bonchev–Trinajstić information content (AvgIpc) is 3.10. The number of fused-ring (bicyclic) bond motifs is 1. The maximum absolute atomic E-state index is 13.9. The summed E-state index contributed by atoms with van der Waals surface area (Å²) in [6.07, 6.45) is 1.02. The topological polar surface area (TPSA) is 80.9 Å². The van der Waals surface area contributed by atoms with Gasteiger partial charge in [0.25, 0.3) is 5.91 Å². The van der Waals surface area contributed by atoms with Gasteiger partial charge in [0.15, 0.2) is 11.6 Å². The number of aliphatic hydroxyl groups excluding tert-OH is 1. The Kier molecular flexibility index (Phi) is 5.93. The van der Waals surface area contributed by atoms with Crippen molar-refractivity contribution >= 4 is 16.9 Å². The second kappa shape index (κ2) is 8.64. The molecule has 2 aromatic carbocycles. The fraction of sp³-hybridized carbons (Fsp3) is 0.348. The molecule has 1 saturated heterocycles. The molecule has 0 saturated carbocycles. The van der Waals surface area contributed by atoms with Crippen LogP contribution in [0.25, 0.3) is 11.0 Å². The van der Waals surface area contributed by atoms with Crippen molar-refractivity contribution in [3.8, 4) is 5.75 Å². The van der Waals surface area contributed by atoms with Gasteiger partial charge in [-0.05, 0) is 44.0 Å². The Bertz CT molecular complexity index is 1100. The number of ether oxygens (including phenoxy) is 2. The van der Waals surface area contributed by atoms with Crippen LogP contribution in [0.4, 0.5) is 8.78 Å². The Hall–Kier alpha value is -2.97. The molecule has 2 heterocycles. The van der Waals surface area contributed by atoms with Crippen LogP contribution in [0.2, 0.25) is 0 Å². The van der Waals surface area contributed by atoms with E-state index >= 15 is 0 Å². The van der Waals surface area contributed by atoms with Crippen molar-refractivity contribution in [3.63, 3.8) is 0 Å². The van der Waals surface area contributed by atoms with Gasteiger partial charge in [-0.25, -0.2) is 8.78 Å². The molecule has 1 fully saturated rings. The van der Waals surface area contributed by atoms with E-state index in [1.54, 1.807) is 25.1 Å². The third-order valence-corrected chi connectivity index (χ3v) is 5.62. The molecule has 6 nitrogen and oxygen atoms in total. The molecule has 8 heteroatoms. The summed E-state index contributed by atoms with van der Waals surface area (Å²) in [6, 6.07) is 8.83. The van der Waals surface area contributed by atoms with E-state index in [1.807, 2.05) is 0 Å². The highest BCUT2D eigenvalue weighted by Crippen LogP contribution is 2.31. The molecule has 164 valence electrons. The summed E-state index contributed by atoms with van der Waals surface area (Å²) in [5.41, 5.74) is 0.188. The van der Waals surface area contributed by atoms with Gasteiger partial charge in [-0.3, -0.25) is 4.79 Å². The zero-order valence-electron chi connectivity index (χ0n) is 17.0. The number of rotatable bonds is 6. The molecule has 3 aromatic rings. The number of benzene rings is 2. The van der Waals surface area contributed by atoms with Crippen LogP contribution in [0.5, 0.6) is 5.75 Å². The Labute approximate surface area is 177 Å². The maximum Gasteiger partial charge on any atom is 0.255 e. The molecule has 0 bridgehead atoms. The van der Waals surface area contributed by atoms with Crippen LogP contribution in [-0.2, 0) is 11.3 Å². The van der Waals surface area contributed by atoms with E-state index in [1.165, 1.54) is 12.1 Å². The lowest BCUT2D eigenvalue weighted by Gasteiger charge is -2.36. The number of hydrogen-bond donors (Lipinski definition) is 2. The first kappa shape index (κ1) is 21.3.